The highest BCUT2D eigenvalue weighted by atomic mass is 32.2. The molecule has 0 aromatic heterocycles. The summed E-state index contributed by atoms with van der Waals surface area (Å²) in [6, 6.07) is 0. The summed E-state index contributed by atoms with van der Waals surface area (Å²) in [5, 5.41) is -0.156. The maximum absolute atomic E-state index is 11.8. The van der Waals surface area contributed by atoms with Crippen molar-refractivity contribution in [1.82, 2.24) is 0 Å². The van der Waals surface area contributed by atoms with Gasteiger partial charge in [-0.3, -0.25) is 0 Å². The number of rotatable bonds is 4. The highest BCUT2D eigenvalue weighted by Gasteiger charge is 2.28. The van der Waals surface area contributed by atoms with Crippen molar-refractivity contribution >= 4 is 9.84 Å². The average Bonchev–Trinajstić information content (AvgIpc) is 2.37. The van der Waals surface area contributed by atoms with Crippen molar-refractivity contribution in [2.24, 2.45) is 0 Å². The summed E-state index contributed by atoms with van der Waals surface area (Å²) < 4.78 is 29.2. The Kier molecular flexibility index (Phi) is 5.10. The molecule has 4 heteroatoms. The summed E-state index contributed by atoms with van der Waals surface area (Å²) in [7, 11) is -2.83. The highest BCUT2D eigenvalue weighted by molar-refractivity contribution is 7.92. The van der Waals surface area contributed by atoms with E-state index in [1.807, 2.05) is 6.26 Å². The van der Waals surface area contributed by atoms with Crippen LogP contribution in [0.5, 0.6) is 0 Å². The van der Waals surface area contributed by atoms with E-state index in [0.29, 0.717) is 18.8 Å². The van der Waals surface area contributed by atoms with Gasteiger partial charge in [-0.15, -0.1) is 0 Å². The van der Waals surface area contributed by atoms with E-state index < -0.39 is 9.84 Å². The van der Waals surface area contributed by atoms with Gasteiger partial charge in [0, 0.05) is 0 Å². The second kappa shape index (κ2) is 6.60. The van der Waals surface area contributed by atoms with Gasteiger partial charge in [-0.05, 0) is 50.5 Å². The van der Waals surface area contributed by atoms with Gasteiger partial charge in [0.1, 0.15) is 0 Å². The van der Waals surface area contributed by atoms with Crippen molar-refractivity contribution in [1.29, 1.82) is 0 Å². The first-order valence-corrected chi connectivity index (χ1v) is 8.91. The minimum atomic E-state index is -2.83. The van der Waals surface area contributed by atoms with Crippen molar-refractivity contribution < 1.29 is 13.2 Å². The van der Waals surface area contributed by atoms with Crippen molar-refractivity contribution in [3.05, 3.63) is 11.8 Å². The Hall–Kier alpha value is -0.510. The monoisotopic (exact) mass is 272 g/mol. The van der Waals surface area contributed by atoms with Crippen LogP contribution in [0.25, 0.3) is 0 Å². The fourth-order valence-electron chi connectivity index (χ4n) is 2.85. The third-order valence-electron chi connectivity index (χ3n) is 4.02. The maximum Gasteiger partial charge on any atom is 0.153 e. The van der Waals surface area contributed by atoms with Crippen molar-refractivity contribution in [2.45, 2.75) is 63.0 Å². The van der Waals surface area contributed by atoms with E-state index in [9.17, 15) is 8.42 Å². The zero-order valence-corrected chi connectivity index (χ0v) is 11.9. The van der Waals surface area contributed by atoms with Crippen LogP contribution < -0.4 is 0 Å². The summed E-state index contributed by atoms with van der Waals surface area (Å²) >= 11 is 0. The lowest BCUT2D eigenvalue weighted by Gasteiger charge is -2.22. The van der Waals surface area contributed by atoms with E-state index in [1.165, 1.54) is 24.8 Å². The predicted molar refractivity (Wildman–Crippen MR) is 73.2 cm³/mol. The van der Waals surface area contributed by atoms with E-state index in [1.54, 1.807) is 0 Å². The largest absolute Gasteiger partial charge is 0.501 e. The molecule has 2 rings (SSSR count). The van der Waals surface area contributed by atoms with Gasteiger partial charge in [0.2, 0.25) is 0 Å². The lowest BCUT2D eigenvalue weighted by atomic mass is 9.96. The molecule has 0 aromatic rings. The van der Waals surface area contributed by atoms with Crippen LogP contribution in [0.15, 0.2) is 11.8 Å². The fraction of sp³-hybridized carbons (Fsp3) is 0.857. The molecule has 0 N–H and O–H groups in total. The number of ether oxygens (including phenoxy) is 1. The first-order valence-electron chi connectivity index (χ1n) is 7.19. The first kappa shape index (κ1) is 13.9. The Labute approximate surface area is 111 Å². The van der Waals surface area contributed by atoms with E-state index in [4.69, 9.17) is 4.74 Å². The quantitative estimate of drug-likeness (QED) is 0.583. The van der Waals surface area contributed by atoms with Crippen LogP contribution in [-0.2, 0) is 14.6 Å². The van der Waals surface area contributed by atoms with Gasteiger partial charge in [0.15, 0.2) is 9.84 Å². The third kappa shape index (κ3) is 4.01. The maximum atomic E-state index is 11.8. The molecule has 0 bridgehead atoms. The number of allylic oxidation sites excluding steroid dienone is 1. The number of hydrogen-bond acceptors (Lipinski definition) is 3. The lowest BCUT2D eigenvalue weighted by molar-refractivity contribution is 0.234. The van der Waals surface area contributed by atoms with E-state index in [2.05, 4.69) is 0 Å². The molecule has 18 heavy (non-hydrogen) atoms. The second-order valence-electron chi connectivity index (χ2n) is 5.48. The third-order valence-corrected chi connectivity index (χ3v) is 6.36. The molecule has 1 heterocycles. The minimum absolute atomic E-state index is 0.156. The van der Waals surface area contributed by atoms with E-state index in [0.717, 1.165) is 32.1 Å². The molecule has 1 aliphatic carbocycles. The fourth-order valence-corrected chi connectivity index (χ4v) is 4.77. The van der Waals surface area contributed by atoms with Gasteiger partial charge in [-0.2, -0.15) is 0 Å². The normalized spacial score (nSPS) is 27.8. The number of hydrogen-bond donors (Lipinski definition) is 0. The molecule has 1 unspecified atom stereocenters. The molecule has 1 saturated carbocycles. The molecule has 3 nitrogen and oxygen atoms in total. The van der Waals surface area contributed by atoms with Crippen molar-refractivity contribution in [3.8, 4) is 0 Å². The van der Waals surface area contributed by atoms with Crippen LogP contribution in [0, 0.1) is 0 Å². The highest BCUT2D eigenvalue weighted by Crippen LogP contribution is 2.24. The molecule has 0 aromatic carbocycles. The van der Waals surface area contributed by atoms with Crippen molar-refractivity contribution in [3.63, 3.8) is 0 Å². The molecule has 0 amide bonds. The van der Waals surface area contributed by atoms with Gasteiger partial charge in [-0.25, -0.2) is 8.42 Å². The second-order valence-corrected chi connectivity index (χ2v) is 7.88. The minimum Gasteiger partial charge on any atom is -0.501 e. The standard InChI is InChI=1S/C14H24O3S/c15-18(16)11-5-4-8-14(18)9-10-17-12-13-6-2-1-3-7-13/h12,14H,1-11H2. The van der Waals surface area contributed by atoms with Gasteiger partial charge >= 0.3 is 0 Å². The summed E-state index contributed by atoms with van der Waals surface area (Å²) in [4.78, 5) is 0. The Balaban J connectivity index is 1.71. The van der Waals surface area contributed by atoms with Gasteiger partial charge in [0.05, 0.1) is 23.9 Å². The lowest BCUT2D eigenvalue weighted by Crippen LogP contribution is -2.29. The molecule has 0 spiro atoms. The topological polar surface area (TPSA) is 43.4 Å². The summed E-state index contributed by atoms with van der Waals surface area (Å²) in [6.45, 7) is 0.549. The summed E-state index contributed by atoms with van der Waals surface area (Å²) in [5.74, 6) is 0.374. The van der Waals surface area contributed by atoms with Crippen LogP contribution in [-0.4, -0.2) is 26.0 Å². The van der Waals surface area contributed by atoms with Crippen LogP contribution in [0.1, 0.15) is 57.8 Å². The van der Waals surface area contributed by atoms with Crippen LogP contribution in [0.3, 0.4) is 0 Å². The smallest absolute Gasteiger partial charge is 0.153 e. The summed E-state index contributed by atoms with van der Waals surface area (Å²) in [5.41, 5.74) is 1.40. The predicted octanol–water partition coefficient (Wildman–Crippen LogP) is 3.21. The summed E-state index contributed by atoms with van der Waals surface area (Å²) in [6.07, 6.45) is 11.4. The Bertz CT molecular complexity index is 376. The molecule has 104 valence electrons. The molecule has 2 fully saturated rings. The average molecular weight is 272 g/mol. The van der Waals surface area contributed by atoms with Crippen molar-refractivity contribution in [2.75, 3.05) is 12.4 Å². The zero-order valence-electron chi connectivity index (χ0n) is 11.1. The first-order chi connectivity index (χ1) is 8.68. The Morgan fingerprint density at radius 2 is 1.89 bits per heavy atom. The molecule has 1 atom stereocenters. The Morgan fingerprint density at radius 3 is 2.61 bits per heavy atom. The van der Waals surface area contributed by atoms with E-state index >= 15 is 0 Å². The van der Waals surface area contributed by atoms with Gasteiger partial charge < -0.3 is 4.74 Å². The molecule has 2 aliphatic rings. The molecule has 1 aliphatic heterocycles. The van der Waals surface area contributed by atoms with E-state index in [-0.39, 0.29) is 5.25 Å². The van der Waals surface area contributed by atoms with Crippen LogP contribution >= 0.6 is 0 Å². The zero-order chi connectivity index (χ0) is 12.8. The van der Waals surface area contributed by atoms with Gasteiger partial charge in [0.25, 0.3) is 0 Å². The number of sulfone groups is 1. The van der Waals surface area contributed by atoms with Gasteiger partial charge in [-0.1, -0.05) is 12.8 Å². The molecule has 0 radical (unpaired) electrons. The molecule has 1 saturated heterocycles. The SMILES string of the molecule is O=S1(=O)CCCCC1CCOC=C1CCCCC1. The van der Waals surface area contributed by atoms with Crippen LogP contribution in [0.4, 0.5) is 0 Å². The molecular formula is C14H24O3S. The Morgan fingerprint density at radius 1 is 1.11 bits per heavy atom. The van der Waals surface area contributed by atoms with Crippen LogP contribution in [0.2, 0.25) is 0 Å². The molecular weight excluding hydrogens is 248 g/mol.